The molecule has 106 valence electrons. The molecule has 0 atom stereocenters. The summed E-state index contributed by atoms with van der Waals surface area (Å²) >= 11 is 0. The lowest BCUT2D eigenvalue weighted by Crippen LogP contribution is -2.08. The van der Waals surface area contributed by atoms with Crippen molar-refractivity contribution in [2.45, 2.75) is 78.1 Å². The summed E-state index contributed by atoms with van der Waals surface area (Å²) in [5.41, 5.74) is 0.639. The molecule has 2 heteroatoms. The number of rotatable bonds is 12. The molecule has 0 aliphatic carbocycles. The first-order chi connectivity index (χ1) is 8.72. The molecule has 0 radical (unpaired) electrons. The normalized spacial score (nSPS) is 10.3. The Kier molecular flexibility index (Phi) is 12.1. The number of carbonyl (C=O) groups is 1. The number of esters is 1. The molecule has 0 amide bonds. The molecule has 0 spiro atoms. The third-order valence-electron chi connectivity index (χ3n) is 3.10. The maximum absolute atomic E-state index is 11.6. The van der Waals surface area contributed by atoms with Crippen LogP contribution in [0.25, 0.3) is 0 Å². The van der Waals surface area contributed by atoms with Gasteiger partial charge in [-0.05, 0) is 19.3 Å². The molecule has 0 aromatic heterocycles. The van der Waals surface area contributed by atoms with Crippen molar-refractivity contribution in [1.29, 1.82) is 0 Å². The Morgan fingerprint density at radius 1 is 0.889 bits per heavy atom. The molecule has 18 heavy (non-hydrogen) atoms. The standard InChI is InChI=1S/C16H30O2/c1-4-6-8-10-12-14-18-16(17)15(3)13-11-9-7-5-2/h3-14H2,1-2H3. The van der Waals surface area contributed by atoms with Crippen LogP contribution in [0.4, 0.5) is 0 Å². The van der Waals surface area contributed by atoms with E-state index in [4.69, 9.17) is 4.74 Å². The van der Waals surface area contributed by atoms with Gasteiger partial charge in [0.05, 0.1) is 6.61 Å². The van der Waals surface area contributed by atoms with Crippen LogP contribution in [0, 0.1) is 0 Å². The Morgan fingerprint density at radius 3 is 2.06 bits per heavy atom. The van der Waals surface area contributed by atoms with Gasteiger partial charge in [0.2, 0.25) is 0 Å². The minimum atomic E-state index is -0.193. The summed E-state index contributed by atoms with van der Waals surface area (Å²) in [6, 6.07) is 0. The third kappa shape index (κ3) is 10.4. The van der Waals surface area contributed by atoms with Crippen LogP contribution in [0.5, 0.6) is 0 Å². The van der Waals surface area contributed by atoms with Gasteiger partial charge >= 0.3 is 5.97 Å². The Morgan fingerprint density at radius 2 is 1.44 bits per heavy atom. The van der Waals surface area contributed by atoms with E-state index in [1.54, 1.807) is 0 Å². The Bertz CT molecular complexity index is 221. The van der Waals surface area contributed by atoms with Gasteiger partial charge in [0.1, 0.15) is 0 Å². The molecule has 0 aliphatic heterocycles. The first-order valence-corrected chi connectivity index (χ1v) is 7.57. The molecule has 0 N–H and O–H groups in total. The zero-order chi connectivity index (χ0) is 13.6. The molecule has 0 aliphatic rings. The SMILES string of the molecule is C=C(CCCCCC)C(=O)OCCCCCCC. The van der Waals surface area contributed by atoms with Gasteiger partial charge in [0, 0.05) is 5.57 Å². The van der Waals surface area contributed by atoms with Crippen molar-refractivity contribution in [2.24, 2.45) is 0 Å². The largest absolute Gasteiger partial charge is 0.462 e. The van der Waals surface area contributed by atoms with Crippen LogP contribution in [0.3, 0.4) is 0 Å². The summed E-state index contributed by atoms with van der Waals surface area (Å²) in [7, 11) is 0. The molecule has 0 saturated heterocycles. The average molecular weight is 254 g/mol. The molecule has 0 aromatic carbocycles. The van der Waals surface area contributed by atoms with Gasteiger partial charge in [-0.2, -0.15) is 0 Å². The van der Waals surface area contributed by atoms with Crippen LogP contribution < -0.4 is 0 Å². The second kappa shape index (κ2) is 12.7. The lowest BCUT2D eigenvalue weighted by atomic mass is 10.1. The van der Waals surface area contributed by atoms with Gasteiger partial charge in [-0.1, -0.05) is 65.4 Å². The summed E-state index contributed by atoms with van der Waals surface area (Å²) in [5, 5.41) is 0. The van der Waals surface area contributed by atoms with E-state index in [0.717, 1.165) is 25.7 Å². The molecule has 0 saturated carbocycles. The van der Waals surface area contributed by atoms with Gasteiger partial charge in [-0.15, -0.1) is 0 Å². The zero-order valence-corrected chi connectivity index (χ0v) is 12.3. The van der Waals surface area contributed by atoms with Crippen LogP contribution in [-0.4, -0.2) is 12.6 Å². The molecule has 0 fully saturated rings. The first-order valence-electron chi connectivity index (χ1n) is 7.57. The van der Waals surface area contributed by atoms with Gasteiger partial charge in [-0.3, -0.25) is 0 Å². The van der Waals surface area contributed by atoms with E-state index in [1.807, 2.05) is 0 Å². The van der Waals surface area contributed by atoms with Gasteiger partial charge in [0.15, 0.2) is 0 Å². The fourth-order valence-corrected chi connectivity index (χ4v) is 1.84. The Labute approximate surface area is 113 Å². The fraction of sp³-hybridized carbons (Fsp3) is 0.812. The van der Waals surface area contributed by atoms with Crippen molar-refractivity contribution in [3.05, 3.63) is 12.2 Å². The highest BCUT2D eigenvalue weighted by molar-refractivity contribution is 5.87. The summed E-state index contributed by atoms with van der Waals surface area (Å²) in [4.78, 5) is 11.6. The lowest BCUT2D eigenvalue weighted by molar-refractivity contribution is -0.139. The second-order valence-corrected chi connectivity index (χ2v) is 4.96. The van der Waals surface area contributed by atoms with Gasteiger partial charge < -0.3 is 4.74 Å². The maximum atomic E-state index is 11.6. The van der Waals surface area contributed by atoms with Crippen molar-refractivity contribution in [2.75, 3.05) is 6.61 Å². The molecule has 0 heterocycles. The minimum absolute atomic E-state index is 0.193. The predicted octanol–water partition coefficient (Wildman–Crippen LogP) is 5.03. The van der Waals surface area contributed by atoms with Crippen LogP contribution in [0.2, 0.25) is 0 Å². The summed E-state index contributed by atoms with van der Waals surface area (Å²) < 4.78 is 5.20. The summed E-state index contributed by atoms with van der Waals surface area (Å²) in [6.07, 6.45) is 11.4. The van der Waals surface area contributed by atoms with Gasteiger partial charge in [0.25, 0.3) is 0 Å². The molecular formula is C16H30O2. The second-order valence-electron chi connectivity index (χ2n) is 4.96. The maximum Gasteiger partial charge on any atom is 0.333 e. The molecule has 0 bridgehead atoms. The van der Waals surface area contributed by atoms with Crippen molar-refractivity contribution in [3.8, 4) is 0 Å². The van der Waals surface area contributed by atoms with E-state index in [1.165, 1.54) is 38.5 Å². The lowest BCUT2D eigenvalue weighted by Gasteiger charge is -2.07. The average Bonchev–Trinajstić information content (AvgIpc) is 2.38. The highest BCUT2D eigenvalue weighted by atomic mass is 16.5. The molecular weight excluding hydrogens is 224 g/mol. The van der Waals surface area contributed by atoms with Crippen molar-refractivity contribution in [1.82, 2.24) is 0 Å². The molecule has 2 nitrogen and oxygen atoms in total. The van der Waals surface area contributed by atoms with E-state index in [2.05, 4.69) is 20.4 Å². The minimum Gasteiger partial charge on any atom is -0.462 e. The molecule has 0 rings (SSSR count). The fourth-order valence-electron chi connectivity index (χ4n) is 1.84. The molecule has 0 unspecified atom stereocenters. The monoisotopic (exact) mass is 254 g/mol. The van der Waals surface area contributed by atoms with E-state index in [-0.39, 0.29) is 5.97 Å². The predicted molar refractivity (Wildman–Crippen MR) is 77.6 cm³/mol. The number of unbranched alkanes of at least 4 members (excludes halogenated alkanes) is 7. The third-order valence-corrected chi connectivity index (χ3v) is 3.10. The van der Waals surface area contributed by atoms with Gasteiger partial charge in [-0.25, -0.2) is 4.79 Å². The van der Waals surface area contributed by atoms with E-state index in [0.29, 0.717) is 12.2 Å². The van der Waals surface area contributed by atoms with E-state index >= 15 is 0 Å². The van der Waals surface area contributed by atoms with Crippen LogP contribution in [0.15, 0.2) is 12.2 Å². The van der Waals surface area contributed by atoms with E-state index in [9.17, 15) is 4.79 Å². The van der Waals surface area contributed by atoms with Crippen LogP contribution >= 0.6 is 0 Å². The first kappa shape index (κ1) is 17.2. The number of hydrogen-bond acceptors (Lipinski definition) is 2. The summed E-state index contributed by atoms with van der Waals surface area (Å²) in [6.45, 7) is 8.74. The van der Waals surface area contributed by atoms with Crippen LogP contribution in [0.1, 0.15) is 78.1 Å². The summed E-state index contributed by atoms with van der Waals surface area (Å²) in [5.74, 6) is -0.193. The van der Waals surface area contributed by atoms with Crippen molar-refractivity contribution in [3.63, 3.8) is 0 Å². The Hall–Kier alpha value is -0.790. The topological polar surface area (TPSA) is 26.3 Å². The number of hydrogen-bond donors (Lipinski definition) is 0. The number of ether oxygens (including phenoxy) is 1. The smallest absolute Gasteiger partial charge is 0.333 e. The number of carbonyl (C=O) groups excluding carboxylic acids is 1. The highest BCUT2D eigenvalue weighted by Crippen LogP contribution is 2.10. The van der Waals surface area contributed by atoms with Crippen molar-refractivity contribution >= 4 is 5.97 Å². The van der Waals surface area contributed by atoms with E-state index < -0.39 is 0 Å². The quantitative estimate of drug-likeness (QED) is 0.277. The highest BCUT2D eigenvalue weighted by Gasteiger charge is 2.07. The zero-order valence-electron chi connectivity index (χ0n) is 12.3. The van der Waals surface area contributed by atoms with Crippen molar-refractivity contribution < 1.29 is 9.53 Å². The Balaban J connectivity index is 3.41. The molecule has 0 aromatic rings. The van der Waals surface area contributed by atoms with Crippen LogP contribution in [-0.2, 0) is 9.53 Å².